The molecule has 0 N–H and O–H groups in total. The molecule has 0 aliphatic rings. The van der Waals surface area contributed by atoms with Crippen LogP contribution in [0.25, 0.3) is 0 Å². The lowest BCUT2D eigenvalue weighted by molar-refractivity contribution is -0.118. The summed E-state index contributed by atoms with van der Waals surface area (Å²) < 4.78 is 0. The fourth-order valence-corrected chi connectivity index (χ4v) is 1.58. The van der Waals surface area contributed by atoms with Crippen LogP contribution >= 0.6 is 0 Å². The van der Waals surface area contributed by atoms with Gasteiger partial charge in [0.1, 0.15) is 0 Å². The summed E-state index contributed by atoms with van der Waals surface area (Å²) in [5, 5.41) is 0. The van der Waals surface area contributed by atoms with Crippen LogP contribution in [-0.2, 0) is 4.79 Å². The van der Waals surface area contributed by atoms with Crippen LogP contribution in [0.3, 0.4) is 0 Å². The molecule has 1 heterocycles. The van der Waals surface area contributed by atoms with Crippen LogP contribution in [0, 0.1) is 0 Å². The zero-order valence-corrected chi connectivity index (χ0v) is 10.1. The molecule has 0 radical (unpaired) electrons. The van der Waals surface area contributed by atoms with Gasteiger partial charge in [0.2, 0.25) is 5.91 Å². The number of anilines is 1. The number of rotatable bonds is 6. The third-order valence-electron chi connectivity index (χ3n) is 2.46. The number of hydrogen-bond donors (Lipinski definition) is 0. The van der Waals surface area contributed by atoms with Gasteiger partial charge in [0, 0.05) is 19.2 Å². The van der Waals surface area contributed by atoms with Gasteiger partial charge in [0.05, 0.1) is 11.9 Å². The zero-order valence-electron chi connectivity index (χ0n) is 10.1. The minimum absolute atomic E-state index is 0.198. The fourth-order valence-electron chi connectivity index (χ4n) is 1.58. The molecule has 0 unspecified atom stereocenters. The second-order valence-corrected chi connectivity index (χ2v) is 3.86. The van der Waals surface area contributed by atoms with Crippen LogP contribution in [0.15, 0.2) is 24.5 Å². The highest BCUT2D eigenvalue weighted by Gasteiger charge is 2.13. The minimum Gasteiger partial charge on any atom is -0.311 e. The molecule has 1 amide bonds. The first-order chi connectivity index (χ1) is 7.79. The summed E-state index contributed by atoms with van der Waals surface area (Å²) in [5.74, 6) is 0.198. The van der Waals surface area contributed by atoms with E-state index in [1.165, 1.54) is 0 Å². The van der Waals surface area contributed by atoms with Gasteiger partial charge in [0.15, 0.2) is 0 Å². The zero-order chi connectivity index (χ0) is 11.8. The van der Waals surface area contributed by atoms with Crippen molar-refractivity contribution < 1.29 is 4.79 Å². The smallest absolute Gasteiger partial charge is 0.227 e. The summed E-state index contributed by atoms with van der Waals surface area (Å²) in [7, 11) is 0. The summed E-state index contributed by atoms with van der Waals surface area (Å²) >= 11 is 0. The van der Waals surface area contributed by atoms with Crippen molar-refractivity contribution in [3.63, 3.8) is 0 Å². The van der Waals surface area contributed by atoms with E-state index in [2.05, 4.69) is 11.9 Å². The van der Waals surface area contributed by atoms with Crippen LogP contribution in [0.4, 0.5) is 5.69 Å². The lowest BCUT2D eigenvalue weighted by Crippen LogP contribution is -2.31. The third-order valence-corrected chi connectivity index (χ3v) is 2.46. The second kappa shape index (κ2) is 6.99. The number of hydrogen-bond acceptors (Lipinski definition) is 2. The van der Waals surface area contributed by atoms with E-state index in [0.717, 1.165) is 31.5 Å². The number of carbonyl (C=O) groups excluding carboxylic acids is 1. The van der Waals surface area contributed by atoms with Gasteiger partial charge in [-0.05, 0) is 25.0 Å². The lowest BCUT2D eigenvalue weighted by atomic mass is 10.2. The molecule has 0 saturated carbocycles. The molecule has 0 bridgehead atoms. The molecule has 0 saturated heterocycles. The number of nitrogens with zero attached hydrogens (tertiary/aromatic N) is 2. The molecule has 3 nitrogen and oxygen atoms in total. The van der Waals surface area contributed by atoms with E-state index in [0.29, 0.717) is 6.42 Å². The predicted molar refractivity (Wildman–Crippen MR) is 66.4 cm³/mol. The van der Waals surface area contributed by atoms with Gasteiger partial charge in [-0.1, -0.05) is 20.3 Å². The van der Waals surface area contributed by atoms with Gasteiger partial charge in [-0.25, -0.2) is 0 Å². The Balaban J connectivity index is 2.74. The van der Waals surface area contributed by atoms with E-state index in [4.69, 9.17) is 0 Å². The summed E-state index contributed by atoms with van der Waals surface area (Å²) in [4.78, 5) is 17.9. The monoisotopic (exact) mass is 220 g/mol. The molecule has 0 aliphatic carbocycles. The molecule has 1 rings (SSSR count). The van der Waals surface area contributed by atoms with Crippen LogP contribution in [-0.4, -0.2) is 17.4 Å². The molecule has 0 spiro atoms. The van der Waals surface area contributed by atoms with Crippen LogP contribution in [0.5, 0.6) is 0 Å². The molecular formula is C13H20N2O. The van der Waals surface area contributed by atoms with Gasteiger partial charge in [-0.15, -0.1) is 0 Å². The minimum atomic E-state index is 0.198. The van der Waals surface area contributed by atoms with E-state index in [1.54, 1.807) is 12.4 Å². The van der Waals surface area contributed by atoms with Crippen molar-refractivity contribution >= 4 is 11.6 Å². The van der Waals surface area contributed by atoms with E-state index in [1.807, 2.05) is 24.0 Å². The normalized spacial score (nSPS) is 10.1. The molecule has 3 heteroatoms. The highest BCUT2D eigenvalue weighted by molar-refractivity contribution is 5.93. The average Bonchev–Trinajstić information content (AvgIpc) is 2.31. The summed E-state index contributed by atoms with van der Waals surface area (Å²) in [5.41, 5.74) is 0.911. The Morgan fingerprint density at radius 1 is 1.38 bits per heavy atom. The maximum Gasteiger partial charge on any atom is 0.227 e. The van der Waals surface area contributed by atoms with Gasteiger partial charge >= 0.3 is 0 Å². The maximum atomic E-state index is 11.9. The molecule has 0 aromatic carbocycles. The summed E-state index contributed by atoms with van der Waals surface area (Å²) in [6, 6.07) is 3.81. The number of carbonyl (C=O) groups is 1. The molecule has 0 fully saturated rings. The van der Waals surface area contributed by atoms with Crippen molar-refractivity contribution in [1.29, 1.82) is 0 Å². The van der Waals surface area contributed by atoms with Crippen molar-refractivity contribution in [3.05, 3.63) is 24.5 Å². The summed E-state index contributed by atoms with van der Waals surface area (Å²) in [6.07, 6.45) is 7.11. The molecule has 88 valence electrons. The predicted octanol–water partition coefficient (Wildman–Crippen LogP) is 3.01. The first-order valence-electron chi connectivity index (χ1n) is 6.00. The molecular weight excluding hydrogens is 200 g/mol. The van der Waals surface area contributed by atoms with Gasteiger partial charge in [-0.2, -0.15) is 0 Å². The van der Waals surface area contributed by atoms with Crippen molar-refractivity contribution in [3.8, 4) is 0 Å². The van der Waals surface area contributed by atoms with E-state index in [-0.39, 0.29) is 5.91 Å². The number of aromatic nitrogens is 1. The van der Waals surface area contributed by atoms with Crippen LogP contribution in [0.1, 0.15) is 39.5 Å². The van der Waals surface area contributed by atoms with Crippen molar-refractivity contribution in [2.75, 3.05) is 11.4 Å². The molecule has 0 atom stereocenters. The number of pyridine rings is 1. The molecule has 1 aromatic rings. The number of amides is 1. The van der Waals surface area contributed by atoms with Crippen molar-refractivity contribution in [2.24, 2.45) is 0 Å². The Labute approximate surface area is 97.5 Å². The Hall–Kier alpha value is -1.38. The van der Waals surface area contributed by atoms with Crippen molar-refractivity contribution in [2.45, 2.75) is 39.5 Å². The van der Waals surface area contributed by atoms with Gasteiger partial charge < -0.3 is 4.90 Å². The molecule has 1 aromatic heterocycles. The SMILES string of the molecule is CCCCN(C(=O)CCC)c1cccnc1. The quantitative estimate of drug-likeness (QED) is 0.738. The van der Waals surface area contributed by atoms with E-state index >= 15 is 0 Å². The standard InChI is InChI=1S/C13H20N2O/c1-3-5-10-15(13(16)7-4-2)12-8-6-9-14-11-12/h6,8-9,11H,3-5,7,10H2,1-2H3. The van der Waals surface area contributed by atoms with Crippen LogP contribution < -0.4 is 4.90 Å². The molecule has 0 aliphatic heterocycles. The van der Waals surface area contributed by atoms with Crippen LogP contribution in [0.2, 0.25) is 0 Å². The van der Waals surface area contributed by atoms with Gasteiger partial charge in [0.25, 0.3) is 0 Å². The Morgan fingerprint density at radius 2 is 2.19 bits per heavy atom. The van der Waals surface area contributed by atoms with Gasteiger partial charge in [-0.3, -0.25) is 9.78 Å². The van der Waals surface area contributed by atoms with Crippen molar-refractivity contribution in [1.82, 2.24) is 4.98 Å². The third kappa shape index (κ3) is 3.65. The first-order valence-corrected chi connectivity index (χ1v) is 6.00. The fraction of sp³-hybridized carbons (Fsp3) is 0.538. The second-order valence-electron chi connectivity index (χ2n) is 3.86. The highest BCUT2D eigenvalue weighted by atomic mass is 16.2. The average molecular weight is 220 g/mol. The first kappa shape index (κ1) is 12.7. The Morgan fingerprint density at radius 3 is 2.75 bits per heavy atom. The summed E-state index contributed by atoms with van der Waals surface area (Å²) in [6.45, 7) is 4.95. The van der Waals surface area contributed by atoms with E-state index in [9.17, 15) is 4.79 Å². The lowest BCUT2D eigenvalue weighted by Gasteiger charge is -2.22. The Bertz CT molecular complexity index is 311. The number of unbranched alkanes of at least 4 members (excludes halogenated alkanes) is 1. The highest BCUT2D eigenvalue weighted by Crippen LogP contribution is 2.14. The topological polar surface area (TPSA) is 33.2 Å². The maximum absolute atomic E-state index is 11.9. The largest absolute Gasteiger partial charge is 0.311 e. The molecule has 16 heavy (non-hydrogen) atoms. The van der Waals surface area contributed by atoms with E-state index < -0.39 is 0 Å². The Kier molecular flexibility index (Phi) is 5.54.